The van der Waals surface area contributed by atoms with Gasteiger partial charge in [0.25, 0.3) is 0 Å². The highest BCUT2D eigenvalue weighted by atomic mass is 16.1. The lowest BCUT2D eigenvalue weighted by atomic mass is 9.67. The number of amides is 1. The Labute approximate surface area is 123 Å². The van der Waals surface area contributed by atoms with E-state index < -0.39 is 0 Å². The largest absolute Gasteiger partial charge is 0.353 e. The van der Waals surface area contributed by atoms with E-state index in [1.165, 1.54) is 32.1 Å². The molecule has 0 aromatic rings. The molecule has 3 nitrogen and oxygen atoms in total. The van der Waals surface area contributed by atoms with Crippen molar-refractivity contribution < 1.29 is 4.79 Å². The van der Waals surface area contributed by atoms with Crippen molar-refractivity contribution >= 4 is 5.91 Å². The summed E-state index contributed by atoms with van der Waals surface area (Å²) >= 11 is 0. The maximum absolute atomic E-state index is 12.5. The molecule has 3 heteroatoms. The Hall–Kier alpha value is -0.570. The Bertz CT molecular complexity index is 344. The van der Waals surface area contributed by atoms with E-state index in [9.17, 15) is 4.79 Å². The Balaban J connectivity index is 1.50. The monoisotopic (exact) mass is 278 g/mol. The fourth-order valence-corrected chi connectivity index (χ4v) is 4.69. The molecule has 2 N–H and O–H groups in total. The molecule has 5 atom stereocenters. The molecule has 3 aliphatic rings. The van der Waals surface area contributed by atoms with Crippen molar-refractivity contribution in [3.8, 4) is 0 Å². The van der Waals surface area contributed by atoms with Crippen LogP contribution in [0.4, 0.5) is 0 Å². The Morgan fingerprint density at radius 3 is 2.60 bits per heavy atom. The number of piperidine rings is 1. The SMILES string of the molecule is CC1CC(NC(=O)C2CCC3CCCCC3C2)CCN1. The number of hydrogen-bond acceptors (Lipinski definition) is 2. The molecular weight excluding hydrogens is 248 g/mol. The molecule has 114 valence electrons. The molecule has 0 aromatic heterocycles. The normalized spacial score (nSPS) is 41.8. The van der Waals surface area contributed by atoms with Gasteiger partial charge in [0.05, 0.1) is 0 Å². The van der Waals surface area contributed by atoms with Gasteiger partial charge in [0.1, 0.15) is 0 Å². The average molecular weight is 278 g/mol. The summed E-state index contributed by atoms with van der Waals surface area (Å²) in [7, 11) is 0. The minimum Gasteiger partial charge on any atom is -0.353 e. The van der Waals surface area contributed by atoms with Crippen LogP contribution in [-0.2, 0) is 4.79 Å². The van der Waals surface area contributed by atoms with Crippen LogP contribution in [0.2, 0.25) is 0 Å². The van der Waals surface area contributed by atoms with Gasteiger partial charge in [-0.05, 0) is 57.4 Å². The van der Waals surface area contributed by atoms with Crippen LogP contribution >= 0.6 is 0 Å². The Kier molecular flexibility index (Phi) is 4.65. The number of fused-ring (bicyclic) bond motifs is 1. The van der Waals surface area contributed by atoms with E-state index in [1.54, 1.807) is 0 Å². The van der Waals surface area contributed by atoms with Gasteiger partial charge in [0, 0.05) is 18.0 Å². The van der Waals surface area contributed by atoms with Gasteiger partial charge in [-0.3, -0.25) is 4.79 Å². The van der Waals surface area contributed by atoms with E-state index in [2.05, 4.69) is 17.6 Å². The summed E-state index contributed by atoms with van der Waals surface area (Å²) < 4.78 is 0. The summed E-state index contributed by atoms with van der Waals surface area (Å²) in [6, 6.07) is 0.950. The number of carbonyl (C=O) groups is 1. The molecule has 20 heavy (non-hydrogen) atoms. The third kappa shape index (κ3) is 3.36. The van der Waals surface area contributed by atoms with E-state index in [0.29, 0.717) is 23.9 Å². The molecule has 1 heterocycles. The van der Waals surface area contributed by atoms with Gasteiger partial charge in [0.2, 0.25) is 5.91 Å². The van der Waals surface area contributed by atoms with E-state index in [0.717, 1.165) is 44.1 Å². The number of hydrogen-bond donors (Lipinski definition) is 2. The van der Waals surface area contributed by atoms with E-state index in [1.807, 2.05) is 0 Å². The zero-order valence-electron chi connectivity index (χ0n) is 12.9. The summed E-state index contributed by atoms with van der Waals surface area (Å²) in [5, 5.41) is 6.79. The third-order valence-corrected chi connectivity index (χ3v) is 5.88. The smallest absolute Gasteiger partial charge is 0.223 e. The zero-order chi connectivity index (χ0) is 13.9. The van der Waals surface area contributed by atoms with Crippen molar-refractivity contribution in [1.29, 1.82) is 0 Å². The van der Waals surface area contributed by atoms with Gasteiger partial charge >= 0.3 is 0 Å². The molecule has 0 aromatic carbocycles. The lowest BCUT2D eigenvalue weighted by Crippen LogP contribution is -2.48. The first-order chi connectivity index (χ1) is 9.72. The highest BCUT2D eigenvalue weighted by Gasteiger charge is 2.35. The summed E-state index contributed by atoms with van der Waals surface area (Å²) in [5.41, 5.74) is 0. The van der Waals surface area contributed by atoms with Crippen molar-refractivity contribution in [3.63, 3.8) is 0 Å². The van der Waals surface area contributed by atoms with Crippen LogP contribution in [0.25, 0.3) is 0 Å². The molecule has 2 saturated carbocycles. The fourth-order valence-electron chi connectivity index (χ4n) is 4.69. The van der Waals surface area contributed by atoms with Crippen molar-refractivity contribution in [2.75, 3.05) is 6.54 Å². The predicted octanol–water partition coefficient (Wildman–Crippen LogP) is 2.85. The first-order valence-corrected chi connectivity index (χ1v) is 8.76. The van der Waals surface area contributed by atoms with Gasteiger partial charge in [-0.15, -0.1) is 0 Å². The van der Waals surface area contributed by atoms with Gasteiger partial charge < -0.3 is 10.6 Å². The number of rotatable bonds is 2. The van der Waals surface area contributed by atoms with Crippen LogP contribution in [0.3, 0.4) is 0 Å². The van der Waals surface area contributed by atoms with Crippen LogP contribution in [0, 0.1) is 17.8 Å². The topological polar surface area (TPSA) is 41.1 Å². The highest BCUT2D eigenvalue weighted by Crippen LogP contribution is 2.42. The highest BCUT2D eigenvalue weighted by molar-refractivity contribution is 5.79. The molecule has 2 aliphatic carbocycles. The maximum atomic E-state index is 12.5. The van der Waals surface area contributed by atoms with Gasteiger partial charge in [-0.2, -0.15) is 0 Å². The predicted molar refractivity (Wildman–Crippen MR) is 81.4 cm³/mol. The fraction of sp³-hybridized carbons (Fsp3) is 0.941. The zero-order valence-corrected chi connectivity index (χ0v) is 12.9. The second-order valence-corrected chi connectivity index (χ2v) is 7.40. The third-order valence-electron chi connectivity index (χ3n) is 5.88. The molecule has 3 rings (SSSR count). The van der Waals surface area contributed by atoms with E-state index in [4.69, 9.17) is 0 Å². The van der Waals surface area contributed by atoms with Crippen LogP contribution in [-0.4, -0.2) is 24.5 Å². The summed E-state index contributed by atoms with van der Waals surface area (Å²) in [4.78, 5) is 12.5. The molecule has 1 aliphatic heterocycles. The minimum atomic E-state index is 0.305. The van der Waals surface area contributed by atoms with Crippen molar-refractivity contribution in [2.45, 2.75) is 76.8 Å². The first-order valence-electron chi connectivity index (χ1n) is 8.76. The summed E-state index contributed by atoms with van der Waals surface area (Å²) in [6.07, 6.45) is 11.4. The van der Waals surface area contributed by atoms with E-state index >= 15 is 0 Å². The van der Waals surface area contributed by atoms with Crippen molar-refractivity contribution in [2.24, 2.45) is 17.8 Å². The second kappa shape index (κ2) is 6.46. The standard InChI is InChI=1S/C17H30N2O/c1-12-10-16(8-9-18-12)19-17(20)15-7-6-13-4-2-3-5-14(13)11-15/h12-16,18H,2-11H2,1H3,(H,19,20). The summed E-state index contributed by atoms with van der Waals surface area (Å²) in [5.74, 6) is 2.44. The molecule has 0 radical (unpaired) electrons. The van der Waals surface area contributed by atoms with Gasteiger partial charge in [-0.1, -0.05) is 25.7 Å². The van der Waals surface area contributed by atoms with Crippen LogP contribution in [0.1, 0.15) is 64.7 Å². The molecule has 0 bridgehead atoms. The molecular formula is C17H30N2O. The average Bonchev–Trinajstić information content (AvgIpc) is 2.47. The van der Waals surface area contributed by atoms with E-state index in [-0.39, 0.29) is 0 Å². The minimum absolute atomic E-state index is 0.305. The molecule has 3 fully saturated rings. The molecule has 1 amide bonds. The van der Waals surface area contributed by atoms with Crippen molar-refractivity contribution in [1.82, 2.24) is 10.6 Å². The maximum Gasteiger partial charge on any atom is 0.223 e. The van der Waals surface area contributed by atoms with Crippen LogP contribution in [0.15, 0.2) is 0 Å². The first kappa shape index (κ1) is 14.4. The summed E-state index contributed by atoms with van der Waals surface area (Å²) in [6.45, 7) is 3.26. The molecule has 1 saturated heterocycles. The lowest BCUT2D eigenvalue weighted by molar-refractivity contribution is -0.128. The number of nitrogens with one attached hydrogen (secondary N) is 2. The van der Waals surface area contributed by atoms with Crippen molar-refractivity contribution in [3.05, 3.63) is 0 Å². The molecule has 5 unspecified atom stereocenters. The Morgan fingerprint density at radius 1 is 1.00 bits per heavy atom. The Morgan fingerprint density at radius 2 is 1.80 bits per heavy atom. The van der Waals surface area contributed by atoms with Crippen LogP contribution < -0.4 is 10.6 Å². The second-order valence-electron chi connectivity index (χ2n) is 7.40. The van der Waals surface area contributed by atoms with Crippen LogP contribution in [0.5, 0.6) is 0 Å². The van der Waals surface area contributed by atoms with Gasteiger partial charge in [0.15, 0.2) is 0 Å². The number of carbonyl (C=O) groups excluding carboxylic acids is 1. The molecule has 0 spiro atoms. The van der Waals surface area contributed by atoms with Gasteiger partial charge in [-0.25, -0.2) is 0 Å². The quantitative estimate of drug-likeness (QED) is 0.815. The lowest BCUT2D eigenvalue weighted by Gasteiger charge is -2.39.